The molecule has 0 unspecified atom stereocenters. The molecule has 6 nitrogen and oxygen atoms in total. The predicted octanol–water partition coefficient (Wildman–Crippen LogP) is 4.02. The maximum absolute atomic E-state index is 13.1. The summed E-state index contributed by atoms with van der Waals surface area (Å²) in [5.74, 6) is 0.392. The summed E-state index contributed by atoms with van der Waals surface area (Å²) in [5, 5.41) is 4.57. The molecule has 0 aliphatic carbocycles. The number of hydrogen-bond donors (Lipinski definition) is 1. The number of nitrogens with zero attached hydrogens (tertiary/aromatic N) is 2. The molecule has 0 bridgehead atoms. The highest BCUT2D eigenvalue weighted by Gasteiger charge is 2.27. The first-order chi connectivity index (χ1) is 12.4. The summed E-state index contributed by atoms with van der Waals surface area (Å²) in [5.41, 5.74) is 1.75. The van der Waals surface area contributed by atoms with Crippen LogP contribution in [-0.2, 0) is 16.4 Å². The van der Waals surface area contributed by atoms with Gasteiger partial charge in [0, 0.05) is 33.9 Å². The molecule has 2 aromatic carbocycles. The molecule has 1 aliphatic heterocycles. The van der Waals surface area contributed by atoms with E-state index in [2.05, 4.69) is 25.8 Å². The van der Waals surface area contributed by atoms with Gasteiger partial charge in [0.1, 0.15) is 10.6 Å². The van der Waals surface area contributed by atoms with E-state index in [1.54, 1.807) is 41.3 Å². The Bertz CT molecular complexity index is 1080. The first kappa shape index (κ1) is 17.4. The zero-order chi connectivity index (χ0) is 18.3. The molecule has 1 aliphatic rings. The molecule has 3 aromatic rings. The molecule has 0 fully saturated rings. The lowest BCUT2D eigenvalue weighted by atomic mass is 10.2. The average molecular weight is 455 g/mol. The minimum Gasteiger partial charge on any atom is -0.492 e. The normalized spacial score (nSPS) is 13.3. The van der Waals surface area contributed by atoms with E-state index in [1.807, 2.05) is 6.07 Å². The lowest BCUT2D eigenvalue weighted by Gasteiger charge is -2.15. The van der Waals surface area contributed by atoms with Crippen molar-refractivity contribution in [3.63, 3.8) is 0 Å². The van der Waals surface area contributed by atoms with Gasteiger partial charge in [-0.15, -0.1) is 0 Å². The van der Waals surface area contributed by atoms with Crippen LogP contribution in [-0.4, -0.2) is 24.8 Å². The number of aromatic nitrogens is 2. The van der Waals surface area contributed by atoms with Crippen LogP contribution in [0.4, 0.5) is 5.69 Å². The monoisotopic (exact) mass is 453 g/mol. The molecule has 0 spiro atoms. The third kappa shape index (κ3) is 3.20. The van der Waals surface area contributed by atoms with E-state index in [4.69, 9.17) is 16.3 Å². The molecule has 9 heteroatoms. The van der Waals surface area contributed by atoms with E-state index < -0.39 is 10.0 Å². The van der Waals surface area contributed by atoms with Crippen LogP contribution in [0, 0.1) is 0 Å². The standard InChI is InChI=1S/C17H13BrClN3O3S/c18-12-8-11-4-7-25-17(11)16(9-12)26(23,24)21-14-10-13(19)2-3-15(14)22-6-1-5-20-22/h1-3,5-6,8-10,21H,4,7H2. The van der Waals surface area contributed by atoms with Gasteiger partial charge in [-0.1, -0.05) is 27.5 Å². The van der Waals surface area contributed by atoms with Crippen LogP contribution in [0.3, 0.4) is 0 Å². The van der Waals surface area contributed by atoms with Gasteiger partial charge in [0.05, 0.1) is 18.0 Å². The highest BCUT2D eigenvalue weighted by atomic mass is 79.9. The maximum atomic E-state index is 13.1. The number of anilines is 1. The molecule has 0 saturated carbocycles. The lowest BCUT2D eigenvalue weighted by Crippen LogP contribution is -2.16. The number of benzene rings is 2. The Hall–Kier alpha value is -2.03. The predicted molar refractivity (Wildman–Crippen MR) is 103 cm³/mol. The molecule has 26 heavy (non-hydrogen) atoms. The van der Waals surface area contributed by atoms with Gasteiger partial charge in [-0.25, -0.2) is 13.1 Å². The van der Waals surface area contributed by atoms with Crippen LogP contribution in [0.15, 0.2) is 58.2 Å². The molecule has 0 amide bonds. The Morgan fingerprint density at radius 1 is 1.27 bits per heavy atom. The molecular weight excluding hydrogens is 442 g/mol. The Morgan fingerprint density at radius 2 is 2.12 bits per heavy atom. The molecule has 0 atom stereocenters. The van der Waals surface area contributed by atoms with Crippen molar-refractivity contribution < 1.29 is 13.2 Å². The molecule has 1 N–H and O–H groups in total. The van der Waals surface area contributed by atoms with Gasteiger partial charge in [-0.05, 0) is 36.4 Å². The summed E-state index contributed by atoms with van der Waals surface area (Å²) >= 11 is 9.44. The number of rotatable bonds is 4. The third-order valence-electron chi connectivity index (χ3n) is 3.96. The van der Waals surface area contributed by atoms with E-state index in [9.17, 15) is 8.42 Å². The van der Waals surface area contributed by atoms with E-state index >= 15 is 0 Å². The number of ether oxygens (including phenoxy) is 1. The van der Waals surface area contributed by atoms with Crippen LogP contribution in [0.1, 0.15) is 5.56 Å². The Morgan fingerprint density at radius 3 is 2.88 bits per heavy atom. The van der Waals surface area contributed by atoms with E-state index in [0.717, 1.165) is 5.56 Å². The highest BCUT2D eigenvalue weighted by Crippen LogP contribution is 2.37. The number of hydrogen-bond acceptors (Lipinski definition) is 4. The number of halogens is 2. The fourth-order valence-electron chi connectivity index (χ4n) is 2.84. The fourth-order valence-corrected chi connectivity index (χ4v) is 4.94. The lowest BCUT2D eigenvalue weighted by molar-refractivity contribution is 0.348. The minimum absolute atomic E-state index is 0.0887. The molecule has 2 heterocycles. The van der Waals surface area contributed by atoms with Crippen molar-refractivity contribution in [2.24, 2.45) is 0 Å². The van der Waals surface area contributed by atoms with E-state index in [0.29, 0.717) is 39.6 Å². The summed E-state index contributed by atoms with van der Waals surface area (Å²) in [6, 6.07) is 10.1. The zero-order valence-corrected chi connectivity index (χ0v) is 16.5. The Kier molecular flexibility index (Phi) is 4.42. The SMILES string of the molecule is O=S(=O)(Nc1cc(Cl)ccc1-n1cccn1)c1cc(Br)cc2c1OCC2. The molecule has 0 saturated heterocycles. The van der Waals surface area contributed by atoms with Crippen molar-refractivity contribution in [3.8, 4) is 11.4 Å². The van der Waals surface area contributed by atoms with E-state index in [1.165, 1.54) is 6.07 Å². The second-order valence-corrected chi connectivity index (χ2v) is 8.71. The van der Waals surface area contributed by atoms with Crippen LogP contribution in [0.2, 0.25) is 5.02 Å². The first-order valence-corrected chi connectivity index (χ1v) is 10.4. The quantitative estimate of drug-likeness (QED) is 0.646. The number of sulfonamides is 1. The average Bonchev–Trinajstić information content (AvgIpc) is 3.24. The molecular formula is C17H13BrClN3O3S. The first-order valence-electron chi connectivity index (χ1n) is 7.72. The molecule has 4 rings (SSSR count). The van der Waals surface area contributed by atoms with Crippen LogP contribution in [0.25, 0.3) is 5.69 Å². The highest BCUT2D eigenvalue weighted by molar-refractivity contribution is 9.10. The van der Waals surface area contributed by atoms with Gasteiger partial charge in [0.2, 0.25) is 0 Å². The Labute approximate surface area is 163 Å². The number of nitrogens with one attached hydrogen (secondary N) is 1. The molecule has 1 aromatic heterocycles. The zero-order valence-electron chi connectivity index (χ0n) is 13.3. The van der Waals surface area contributed by atoms with Gasteiger partial charge in [-0.2, -0.15) is 5.10 Å². The van der Waals surface area contributed by atoms with Gasteiger partial charge in [0.25, 0.3) is 10.0 Å². The summed E-state index contributed by atoms with van der Waals surface area (Å²) in [6.45, 7) is 0.462. The summed E-state index contributed by atoms with van der Waals surface area (Å²) < 4.78 is 36.5. The smallest absolute Gasteiger partial charge is 0.265 e. The number of fused-ring (bicyclic) bond motifs is 1. The van der Waals surface area contributed by atoms with Crippen molar-refractivity contribution in [2.45, 2.75) is 11.3 Å². The van der Waals surface area contributed by atoms with Crippen LogP contribution in [0.5, 0.6) is 5.75 Å². The topological polar surface area (TPSA) is 73.2 Å². The second-order valence-electron chi connectivity index (χ2n) is 5.71. The van der Waals surface area contributed by atoms with Crippen molar-refractivity contribution in [1.82, 2.24) is 9.78 Å². The summed E-state index contributed by atoms with van der Waals surface area (Å²) in [6.07, 6.45) is 4.01. The summed E-state index contributed by atoms with van der Waals surface area (Å²) in [7, 11) is -3.90. The Balaban J connectivity index is 1.80. The van der Waals surface area contributed by atoms with Gasteiger partial charge in [0.15, 0.2) is 0 Å². The second kappa shape index (κ2) is 6.61. The minimum atomic E-state index is -3.90. The van der Waals surface area contributed by atoms with Crippen LogP contribution >= 0.6 is 27.5 Å². The van der Waals surface area contributed by atoms with Crippen molar-refractivity contribution >= 4 is 43.2 Å². The van der Waals surface area contributed by atoms with Gasteiger partial charge >= 0.3 is 0 Å². The maximum Gasteiger partial charge on any atom is 0.265 e. The van der Waals surface area contributed by atoms with E-state index in [-0.39, 0.29) is 4.90 Å². The van der Waals surface area contributed by atoms with Crippen LogP contribution < -0.4 is 9.46 Å². The van der Waals surface area contributed by atoms with Gasteiger partial charge in [-0.3, -0.25) is 4.72 Å². The fraction of sp³-hybridized carbons (Fsp3) is 0.118. The van der Waals surface area contributed by atoms with Gasteiger partial charge < -0.3 is 4.74 Å². The third-order valence-corrected chi connectivity index (χ3v) is 6.02. The summed E-state index contributed by atoms with van der Waals surface area (Å²) in [4.78, 5) is 0.0887. The van der Waals surface area contributed by atoms with Crippen molar-refractivity contribution in [3.05, 3.63) is 63.9 Å². The molecule has 134 valence electrons. The van der Waals surface area contributed by atoms with Crippen molar-refractivity contribution in [2.75, 3.05) is 11.3 Å². The largest absolute Gasteiger partial charge is 0.492 e. The molecule has 0 radical (unpaired) electrons. The van der Waals surface area contributed by atoms with Crippen molar-refractivity contribution in [1.29, 1.82) is 0 Å².